The first-order chi connectivity index (χ1) is 25.4. The molecule has 300 valence electrons. The van der Waals surface area contributed by atoms with Crippen LogP contribution < -0.4 is 11.1 Å². The Hall–Kier alpha value is -2.67. The van der Waals surface area contributed by atoms with E-state index < -0.39 is 12.0 Å². The van der Waals surface area contributed by atoms with E-state index in [0.29, 0.717) is 32.2 Å². The third kappa shape index (κ3) is 35.7. The predicted molar refractivity (Wildman–Crippen MR) is 220 cm³/mol. The molecule has 0 saturated carbocycles. The Kier molecular flexibility index (Phi) is 37.5. The molecule has 1 amide bonds. The lowest BCUT2D eigenvalue weighted by Crippen LogP contribution is -2.40. The average molecular weight is 729 g/mol. The number of carboxylic acids is 1. The molecule has 7 nitrogen and oxygen atoms in total. The third-order valence-electron chi connectivity index (χ3n) is 9.41. The van der Waals surface area contributed by atoms with Gasteiger partial charge in [0.15, 0.2) is 0 Å². The van der Waals surface area contributed by atoms with Gasteiger partial charge in [-0.05, 0) is 96.4 Å². The van der Waals surface area contributed by atoms with Crippen LogP contribution in [0.25, 0.3) is 0 Å². The van der Waals surface area contributed by atoms with Crippen molar-refractivity contribution in [3.63, 3.8) is 0 Å². The van der Waals surface area contributed by atoms with Crippen molar-refractivity contribution in [3.05, 3.63) is 48.6 Å². The summed E-state index contributed by atoms with van der Waals surface area (Å²) in [5.74, 6) is -1.26. The highest BCUT2D eigenvalue weighted by Crippen LogP contribution is 2.19. The number of rotatable bonds is 38. The third-order valence-corrected chi connectivity index (χ3v) is 9.41. The molecule has 0 rings (SSSR count). The minimum Gasteiger partial charge on any atom is -0.480 e. The molecule has 0 bridgehead atoms. The SMILES string of the molecule is CC/C=C\C/C=C\C/C=C\C/C=C\CCCCCCC(=O)OC(CCCCCCCCCCC)CCCCCCCC(=O)NC(CCCN)C(=O)O. The van der Waals surface area contributed by atoms with Crippen LogP contribution in [0.4, 0.5) is 0 Å². The zero-order valence-corrected chi connectivity index (χ0v) is 33.6. The van der Waals surface area contributed by atoms with Gasteiger partial charge < -0.3 is 20.9 Å². The molecule has 4 N–H and O–H groups in total. The zero-order valence-electron chi connectivity index (χ0n) is 33.6. The number of nitrogens with two attached hydrogens (primary N) is 1. The van der Waals surface area contributed by atoms with Gasteiger partial charge in [-0.3, -0.25) is 9.59 Å². The second-order valence-electron chi connectivity index (χ2n) is 14.4. The van der Waals surface area contributed by atoms with Gasteiger partial charge in [0.05, 0.1) is 0 Å². The Bertz CT molecular complexity index is 957. The first-order valence-corrected chi connectivity index (χ1v) is 21.5. The van der Waals surface area contributed by atoms with Crippen LogP contribution >= 0.6 is 0 Å². The number of carbonyl (C=O) groups is 3. The summed E-state index contributed by atoms with van der Waals surface area (Å²) in [6.07, 6.45) is 47.2. The van der Waals surface area contributed by atoms with Gasteiger partial charge in [-0.15, -0.1) is 0 Å². The van der Waals surface area contributed by atoms with E-state index >= 15 is 0 Å². The fourth-order valence-corrected chi connectivity index (χ4v) is 6.21. The second-order valence-corrected chi connectivity index (χ2v) is 14.4. The summed E-state index contributed by atoms with van der Waals surface area (Å²) >= 11 is 0. The molecule has 2 atom stereocenters. The monoisotopic (exact) mass is 729 g/mol. The molecule has 0 heterocycles. The van der Waals surface area contributed by atoms with E-state index in [0.717, 1.165) is 109 Å². The maximum Gasteiger partial charge on any atom is 0.326 e. The lowest BCUT2D eigenvalue weighted by atomic mass is 10.0. The molecule has 0 saturated heterocycles. The van der Waals surface area contributed by atoms with Gasteiger partial charge in [0.1, 0.15) is 12.1 Å². The lowest BCUT2D eigenvalue weighted by molar-refractivity contribution is -0.150. The number of unbranched alkanes of at least 4 members (excludes halogenated alkanes) is 16. The standard InChI is InChI=1S/C45H80N2O5/c1-3-5-7-9-11-13-14-15-16-17-18-19-20-22-24-29-33-39-44(49)52-41(35-30-26-23-21-12-10-8-6-4-2)36-31-27-25-28-32-38-43(48)47-42(45(50)51)37-34-40-46/h5,7,11,13,15-16,18-19,41-42H,3-4,6,8-10,12,14,17,20-40,46H2,1-2H3,(H,47,48)(H,50,51)/b7-5-,13-11-,16-15-,19-18-. The molecule has 0 aliphatic heterocycles. The smallest absolute Gasteiger partial charge is 0.326 e. The maximum absolute atomic E-state index is 12.8. The Morgan fingerprint density at radius 3 is 1.60 bits per heavy atom. The molecule has 0 spiro atoms. The van der Waals surface area contributed by atoms with Gasteiger partial charge in [-0.1, -0.05) is 146 Å². The normalized spacial score (nSPS) is 13.1. The van der Waals surface area contributed by atoms with E-state index in [9.17, 15) is 19.5 Å². The molecule has 2 unspecified atom stereocenters. The Morgan fingerprint density at radius 2 is 1.06 bits per heavy atom. The van der Waals surface area contributed by atoms with Crippen molar-refractivity contribution in [2.75, 3.05) is 6.54 Å². The Labute approximate surface area is 319 Å². The zero-order chi connectivity index (χ0) is 38.2. The molecule has 0 aromatic rings. The van der Waals surface area contributed by atoms with E-state index in [1.54, 1.807) is 0 Å². The van der Waals surface area contributed by atoms with Crippen LogP contribution in [0.15, 0.2) is 48.6 Å². The number of carboxylic acid groups (broad SMARTS) is 1. The number of hydrogen-bond acceptors (Lipinski definition) is 5. The number of amides is 1. The molecule has 7 heteroatoms. The topological polar surface area (TPSA) is 119 Å². The number of aliphatic carboxylic acids is 1. The van der Waals surface area contributed by atoms with E-state index in [1.165, 1.54) is 51.4 Å². The van der Waals surface area contributed by atoms with Crippen LogP contribution in [0.2, 0.25) is 0 Å². The Balaban J connectivity index is 4.30. The average Bonchev–Trinajstić information content (AvgIpc) is 3.13. The van der Waals surface area contributed by atoms with Crippen LogP contribution in [-0.4, -0.2) is 41.6 Å². The molecule has 0 radical (unpaired) electrons. The van der Waals surface area contributed by atoms with Crippen molar-refractivity contribution in [2.45, 2.75) is 212 Å². The van der Waals surface area contributed by atoms with E-state index in [1.807, 2.05) is 0 Å². The molecular weight excluding hydrogens is 649 g/mol. The molecule has 0 fully saturated rings. The first kappa shape index (κ1) is 49.3. The van der Waals surface area contributed by atoms with Crippen molar-refractivity contribution in [3.8, 4) is 0 Å². The summed E-state index contributed by atoms with van der Waals surface area (Å²) in [6.45, 7) is 4.82. The minimum atomic E-state index is -1.01. The van der Waals surface area contributed by atoms with E-state index in [2.05, 4.69) is 67.8 Å². The van der Waals surface area contributed by atoms with Gasteiger partial charge in [-0.2, -0.15) is 0 Å². The molecule has 0 aliphatic carbocycles. The molecule has 0 aliphatic rings. The predicted octanol–water partition coefficient (Wildman–Crippen LogP) is 12.0. The summed E-state index contributed by atoms with van der Waals surface area (Å²) in [4.78, 5) is 36.3. The highest BCUT2D eigenvalue weighted by Gasteiger charge is 2.19. The van der Waals surface area contributed by atoms with Gasteiger partial charge in [0, 0.05) is 12.8 Å². The molecule has 52 heavy (non-hydrogen) atoms. The number of hydrogen-bond donors (Lipinski definition) is 3. The van der Waals surface area contributed by atoms with Crippen molar-refractivity contribution >= 4 is 17.8 Å². The number of carbonyl (C=O) groups excluding carboxylic acids is 2. The highest BCUT2D eigenvalue weighted by molar-refractivity contribution is 5.83. The molecular formula is C45H80N2O5. The Morgan fingerprint density at radius 1 is 0.577 bits per heavy atom. The number of nitrogens with one attached hydrogen (secondary N) is 1. The van der Waals surface area contributed by atoms with Crippen molar-refractivity contribution in [2.24, 2.45) is 5.73 Å². The molecule has 0 aromatic carbocycles. The van der Waals surface area contributed by atoms with Gasteiger partial charge in [0.25, 0.3) is 0 Å². The van der Waals surface area contributed by atoms with Gasteiger partial charge in [-0.25, -0.2) is 4.79 Å². The maximum atomic E-state index is 12.8. The summed E-state index contributed by atoms with van der Waals surface area (Å²) in [6, 6.07) is -0.858. The molecule has 0 aromatic heterocycles. The fourth-order valence-electron chi connectivity index (χ4n) is 6.21. The van der Waals surface area contributed by atoms with Gasteiger partial charge in [0.2, 0.25) is 5.91 Å². The summed E-state index contributed by atoms with van der Waals surface area (Å²) in [5, 5.41) is 11.9. The summed E-state index contributed by atoms with van der Waals surface area (Å²) < 4.78 is 6.02. The lowest BCUT2D eigenvalue weighted by Gasteiger charge is -2.18. The first-order valence-electron chi connectivity index (χ1n) is 21.5. The van der Waals surface area contributed by atoms with Crippen molar-refractivity contribution in [1.29, 1.82) is 0 Å². The quantitative estimate of drug-likeness (QED) is 0.0331. The van der Waals surface area contributed by atoms with Crippen LogP contribution in [0.3, 0.4) is 0 Å². The summed E-state index contributed by atoms with van der Waals surface area (Å²) in [5.41, 5.74) is 5.48. The number of esters is 1. The van der Waals surface area contributed by atoms with E-state index in [4.69, 9.17) is 10.5 Å². The van der Waals surface area contributed by atoms with Crippen molar-refractivity contribution < 1.29 is 24.2 Å². The van der Waals surface area contributed by atoms with Crippen LogP contribution in [-0.2, 0) is 19.1 Å². The van der Waals surface area contributed by atoms with Crippen LogP contribution in [0, 0.1) is 0 Å². The highest BCUT2D eigenvalue weighted by atomic mass is 16.5. The van der Waals surface area contributed by atoms with Crippen molar-refractivity contribution in [1.82, 2.24) is 5.32 Å². The fraction of sp³-hybridized carbons (Fsp3) is 0.756. The number of ether oxygens (including phenoxy) is 1. The minimum absolute atomic E-state index is 0.00228. The largest absolute Gasteiger partial charge is 0.480 e. The van der Waals surface area contributed by atoms with Gasteiger partial charge >= 0.3 is 11.9 Å². The summed E-state index contributed by atoms with van der Waals surface area (Å²) in [7, 11) is 0. The number of allylic oxidation sites excluding steroid dienone is 8. The second kappa shape index (κ2) is 39.5. The van der Waals surface area contributed by atoms with E-state index in [-0.39, 0.29) is 18.0 Å². The van der Waals surface area contributed by atoms with Crippen LogP contribution in [0.1, 0.15) is 200 Å². The van der Waals surface area contributed by atoms with Crippen LogP contribution in [0.5, 0.6) is 0 Å².